The van der Waals surface area contributed by atoms with Gasteiger partial charge in [0.25, 0.3) is 11.8 Å². The van der Waals surface area contributed by atoms with Crippen molar-refractivity contribution < 1.29 is 19.4 Å². The molecular weight excluding hydrogens is 358 g/mol. The summed E-state index contributed by atoms with van der Waals surface area (Å²) in [4.78, 5) is 27.7. The largest absolute Gasteiger partial charge is 0.377 e. The van der Waals surface area contributed by atoms with Crippen molar-refractivity contribution in [3.05, 3.63) is 29.8 Å². The van der Waals surface area contributed by atoms with Gasteiger partial charge in [0.15, 0.2) is 5.60 Å². The van der Waals surface area contributed by atoms with E-state index in [1.807, 2.05) is 4.90 Å². The van der Waals surface area contributed by atoms with Crippen LogP contribution in [-0.4, -0.2) is 58.9 Å². The van der Waals surface area contributed by atoms with Crippen molar-refractivity contribution in [2.75, 3.05) is 24.8 Å². The molecule has 2 aliphatic rings. The summed E-state index contributed by atoms with van der Waals surface area (Å²) in [5.74, 6) is -0.102. The molecule has 28 heavy (non-hydrogen) atoms. The standard InChI is InChI=1S/C21H29N3O4/c1-5-21(27)15(4)22-24(20(21)26)17-8-6-7-16(12-17)19(25)23-9-10-28-13-18(23)11-14(2)3/h6-8,12,14,18,27H,5,9-11,13H2,1-4H3/t18-,21-/m1/s1. The van der Waals surface area contributed by atoms with Gasteiger partial charge < -0.3 is 14.7 Å². The summed E-state index contributed by atoms with van der Waals surface area (Å²) in [6.07, 6.45) is 1.13. The number of carbonyl (C=O) groups excluding carboxylic acids is 2. The Morgan fingerprint density at radius 1 is 1.43 bits per heavy atom. The van der Waals surface area contributed by atoms with Gasteiger partial charge in [-0.05, 0) is 43.9 Å². The minimum Gasteiger partial charge on any atom is -0.377 e. The van der Waals surface area contributed by atoms with E-state index < -0.39 is 11.5 Å². The normalized spacial score (nSPS) is 25.4. The minimum atomic E-state index is -1.58. The zero-order valence-electron chi connectivity index (χ0n) is 17.0. The number of hydrogen-bond donors (Lipinski definition) is 1. The first-order valence-electron chi connectivity index (χ1n) is 9.89. The van der Waals surface area contributed by atoms with Crippen LogP contribution in [-0.2, 0) is 9.53 Å². The van der Waals surface area contributed by atoms with Crippen LogP contribution in [0.2, 0.25) is 0 Å². The summed E-state index contributed by atoms with van der Waals surface area (Å²) in [6.45, 7) is 9.27. The first-order valence-corrected chi connectivity index (χ1v) is 9.89. The molecule has 152 valence electrons. The van der Waals surface area contributed by atoms with Crippen LogP contribution in [0, 0.1) is 5.92 Å². The van der Waals surface area contributed by atoms with Crippen LogP contribution >= 0.6 is 0 Å². The molecule has 0 radical (unpaired) electrons. The van der Waals surface area contributed by atoms with E-state index in [9.17, 15) is 14.7 Å². The Morgan fingerprint density at radius 3 is 2.82 bits per heavy atom. The van der Waals surface area contributed by atoms with E-state index in [2.05, 4.69) is 18.9 Å². The molecule has 1 aromatic rings. The maximum Gasteiger partial charge on any atom is 0.285 e. The van der Waals surface area contributed by atoms with E-state index in [0.717, 1.165) is 6.42 Å². The lowest BCUT2D eigenvalue weighted by atomic mass is 9.95. The molecule has 2 heterocycles. The van der Waals surface area contributed by atoms with E-state index in [1.54, 1.807) is 38.1 Å². The maximum absolute atomic E-state index is 13.2. The average molecular weight is 387 g/mol. The van der Waals surface area contributed by atoms with Gasteiger partial charge >= 0.3 is 0 Å². The molecule has 0 bridgehead atoms. The third kappa shape index (κ3) is 3.69. The summed E-state index contributed by atoms with van der Waals surface area (Å²) < 4.78 is 5.57. The maximum atomic E-state index is 13.2. The molecule has 1 fully saturated rings. The van der Waals surface area contributed by atoms with Gasteiger partial charge in [0.2, 0.25) is 0 Å². The van der Waals surface area contributed by atoms with E-state index in [1.165, 1.54) is 5.01 Å². The molecule has 2 atom stereocenters. The smallest absolute Gasteiger partial charge is 0.285 e. The minimum absolute atomic E-state index is 0.0452. The number of carbonyl (C=O) groups is 2. The van der Waals surface area contributed by atoms with Crippen LogP contribution in [0.25, 0.3) is 0 Å². The molecule has 7 heteroatoms. The second kappa shape index (κ2) is 8.01. The number of amides is 2. The zero-order chi connectivity index (χ0) is 20.5. The van der Waals surface area contributed by atoms with Crippen LogP contribution in [0.15, 0.2) is 29.4 Å². The molecular formula is C21H29N3O4. The first-order chi connectivity index (χ1) is 13.3. The van der Waals surface area contributed by atoms with E-state index in [-0.39, 0.29) is 18.4 Å². The molecule has 2 amide bonds. The number of anilines is 1. The number of aliphatic hydroxyl groups is 1. The van der Waals surface area contributed by atoms with Gasteiger partial charge in [-0.15, -0.1) is 0 Å². The molecule has 2 aliphatic heterocycles. The van der Waals surface area contributed by atoms with Crippen molar-refractivity contribution in [1.29, 1.82) is 0 Å². The Kier molecular flexibility index (Phi) is 5.86. The molecule has 1 aromatic carbocycles. The highest BCUT2D eigenvalue weighted by Gasteiger charge is 2.46. The lowest BCUT2D eigenvalue weighted by Gasteiger charge is -2.36. The fourth-order valence-electron chi connectivity index (χ4n) is 3.79. The van der Waals surface area contributed by atoms with Crippen molar-refractivity contribution in [3.8, 4) is 0 Å². The Hall–Kier alpha value is -2.25. The van der Waals surface area contributed by atoms with E-state index in [0.29, 0.717) is 42.6 Å². The molecule has 0 unspecified atom stereocenters. The van der Waals surface area contributed by atoms with Gasteiger partial charge in [0.05, 0.1) is 30.7 Å². The third-order valence-electron chi connectivity index (χ3n) is 5.48. The highest BCUT2D eigenvalue weighted by Crippen LogP contribution is 2.30. The number of hydrazone groups is 1. The Bertz CT molecular complexity index is 792. The quantitative estimate of drug-likeness (QED) is 0.841. The van der Waals surface area contributed by atoms with Gasteiger partial charge in [-0.2, -0.15) is 10.1 Å². The van der Waals surface area contributed by atoms with E-state index >= 15 is 0 Å². The Morgan fingerprint density at radius 2 is 2.18 bits per heavy atom. The summed E-state index contributed by atoms with van der Waals surface area (Å²) in [7, 11) is 0. The fourth-order valence-corrected chi connectivity index (χ4v) is 3.79. The number of rotatable bonds is 5. The molecule has 1 saturated heterocycles. The molecule has 0 aromatic heterocycles. The SMILES string of the molecule is CC[C@]1(O)C(=O)N(c2cccc(C(=O)N3CCOC[C@H]3CC(C)C)c2)N=C1C. The van der Waals surface area contributed by atoms with Gasteiger partial charge in [-0.1, -0.05) is 26.8 Å². The topological polar surface area (TPSA) is 82.4 Å². The monoisotopic (exact) mass is 387 g/mol. The molecule has 1 N–H and O–H groups in total. The van der Waals surface area contributed by atoms with Crippen molar-refractivity contribution >= 4 is 23.2 Å². The summed E-state index contributed by atoms with van der Waals surface area (Å²) >= 11 is 0. The Balaban J connectivity index is 1.85. The lowest BCUT2D eigenvalue weighted by molar-refractivity contribution is -0.129. The van der Waals surface area contributed by atoms with Gasteiger partial charge in [0.1, 0.15) is 0 Å². The first kappa shape index (κ1) is 20.5. The number of nitrogens with zero attached hydrogens (tertiary/aromatic N) is 3. The van der Waals surface area contributed by atoms with Crippen molar-refractivity contribution in [3.63, 3.8) is 0 Å². The predicted octanol–water partition coefficient (Wildman–Crippen LogP) is 2.44. The van der Waals surface area contributed by atoms with Crippen molar-refractivity contribution in [2.45, 2.75) is 52.2 Å². The fraction of sp³-hybridized carbons (Fsp3) is 0.571. The van der Waals surface area contributed by atoms with Crippen LogP contribution in [0.5, 0.6) is 0 Å². The average Bonchev–Trinajstić information content (AvgIpc) is 2.92. The summed E-state index contributed by atoms with van der Waals surface area (Å²) in [5.41, 5.74) is -0.233. The van der Waals surface area contributed by atoms with Crippen molar-refractivity contribution in [1.82, 2.24) is 4.90 Å². The molecule has 0 aliphatic carbocycles. The van der Waals surface area contributed by atoms with Gasteiger partial charge in [-0.25, -0.2) is 0 Å². The summed E-state index contributed by atoms with van der Waals surface area (Å²) in [5, 5.41) is 16.0. The number of morpholine rings is 1. The van der Waals surface area contributed by atoms with Crippen LogP contribution in [0.4, 0.5) is 5.69 Å². The molecule has 0 saturated carbocycles. The predicted molar refractivity (Wildman–Crippen MR) is 107 cm³/mol. The van der Waals surface area contributed by atoms with Crippen LogP contribution in [0.3, 0.4) is 0 Å². The molecule has 0 spiro atoms. The second-order valence-electron chi connectivity index (χ2n) is 7.92. The Labute approximate surface area is 166 Å². The van der Waals surface area contributed by atoms with Gasteiger partial charge in [-0.3, -0.25) is 9.59 Å². The third-order valence-corrected chi connectivity index (χ3v) is 5.48. The number of benzene rings is 1. The molecule has 3 rings (SSSR count). The zero-order valence-corrected chi connectivity index (χ0v) is 17.0. The molecule has 7 nitrogen and oxygen atoms in total. The summed E-state index contributed by atoms with van der Waals surface area (Å²) in [6, 6.07) is 6.92. The van der Waals surface area contributed by atoms with E-state index in [4.69, 9.17) is 4.74 Å². The highest BCUT2D eigenvalue weighted by molar-refractivity contribution is 6.21. The van der Waals surface area contributed by atoms with Crippen LogP contribution in [0.1, 0.15) is 50.9 Å². The van der Waals surface area contributed by atoms with Crippen LogP contribution < -0.4 is 5.01 Å². The number of hydrogen-bond acceptors (Lipinski definition) is 5. The van der Waals surface area contributed by atoms with Gasteiger partial charge in [0, 0.05) is 12.1 Å². The lowest BCUT2D eigenvalue weighted by Crippen LogP contribution is -2.49. The highest BCUT2D eigenvalue weighted by atomic mass is 16.5. The second-order valence-corrected chi connectivity index (χ2v) is 7.92. The van der Waals surface area contributed by atoms with Crippen molar-refractivity contribution in [2.24, 2.45) is 11.0 Å². The number of ether oxygens (including phenoxy) is 1.